The van der Waals surface area contributed by atoms with E-state index in [0.717, 1.165) is 23.4 Å². The van der Waals surface area contributed by atoms with Gasteiger partial charge in [-0.1, -0.05) is 26.0 Å². The first kappa shape index (κ1) is 17.4. The zero-order valence-electron chi connectivity index (χ0n) is 13.5. The quantitative estimate of drug-likeness (QED) is 0.775. The third kappa shape index (κ3) is 5.33. The molecule has 0 radical (unpaired) electrons. The van der Waals surface area contributed by atoms with Crippen molar-refractivity contribution >= 4 is 22.4 Å². The molecule has 1 aromatic carbocycles. The van der Waals surface area contributed by atoms with Crippen molar-refractivity contribution in [1.82, 2.24) is 4.98 Å². The summed E-state index contributed by atoms with van der Waals surface area (Å²) in [6.45, 7) is 5.35. The number of ether oxygens (including phenoxy) is 1. The summed E-state index contributed by atoms with van der Waals surface area (Å²) >= 11 is 1.40. The van der Waals surface area contributed by atoms with Crippen LogP contribution in [0.3, 0.4) is 0 Å². The summed E-state index contributed by atoms with van der Waals surface area (Å²) in [6.07, 6.45) is 1.30. The molecule has 0 aliphatic heterocycles. The lowest BCUT2D eigenvalue weighted by Crippen LogP contribution is -2.15. The Morgan fingerprint density at radius 3 is 2.91 bits per heavy atom. The summed E-state index contributed by atoms with van der Waals surface area (Å²) in [5.74, 6) is 1.30. The summed E-state index contributed by atoms with van der Waals surface area (Å²) in [6, 6.07) is 7.83. The number of hydrogen-bond acceptors (Lipinski definition) is 5. The number of hydrogen-bond donors (Lipinski definition) is 2. The highest BCUT2D eigenvalue weighted by Gasteiger charge is 2.11. The fourth-order valence-corrected chi connectivity index (χ4v) is 2.70. The average Bonchev–Trinajstić information content (AvgIpc) is 2.96. The van der Waals surface area contributed by atoms with E-state index >= 15 is 0 Å². The Bertz CT molecular complexity index is 640. The Balaban J connectivity index is 2.09. The second-order valence-electron chi connectivity index (χ2n) is 5.65. The van der Waals surface area contributed by atoms with Crippen molar-refractivity contribution in [2.45, 2.75) is 26.7 Å². The van der Waals surface area contributed by atoms with Crippen LogP contribution in [0.2, 0.25) is 0 Å². The summed E-state index contributed by atoms with van der Waals surface area (Å²) in [4.78, 5) is 16.1. The number of para-hydroxylation sites is 1. The number of carbonyl (C=O) groups is 1. The van der Waals surface area contributed by atoms with Crippen LogP contribution >= 0.6 is 11.3 Å². The number of aromatic nitrogens is 1. The molecule has 1 amide bonds. The molecule has 2 aromatic rings. The molecule has 23 heavy (non-hydrogen) atoms. The number of thiazole rings is 1. The van der Waals surface area contributed by atoms with Crippen LogP contribution in [0.1, 0.15) is 26.7 Å². The molecule has 1 heterocycles. The maximum atomic E-state index is 11.6. The number of carbonyl (C=O) groups excluding carboxylic acids is 1. The van der Waals surface area contributed by atoms with Crippen molar-refractivity contribution in [2.24, 2.45) is 11.7 Å². The van der Waals surface area contributed by atoms with Crippen molar-refractivity contribution in [3.8, 4) is 17.0 Å². The van der Waals surface area contributed by atoms with E-state index in [0.29, 0.717) is 30.6 Å². The third-order valence-electron chi connectivity index (χ3n) is 3.24. The predicted molar refractivity (Wildman–Crippen MR) is 94.8 cm³/mol. The lowest BCUT2D eigenvalue weighted by atomic mass is 10.1. The highest BCUT2D eigenvalue weighted by atomic mass is 32.1. The lowest BCUT2D eigenvalue weighted by Gasteiger charge is -2.11. The molecule has 3 N–H and O–H groups in total. The van der Waals surface area contributed by atoms with Gasteiger partial charge in [-0.15, -0.1) is 11.3 Å². The fraction of sp³-hybridized carbons (Fsp3) is 0.412. The minimum atomic E-state index is -0.116. The molecule has 0 saturated carbocycles. The zero-order chi connectivity index (χ0) is 16.7. The highest BCUT2D eigenvalue weighted by molar-refractivity contribution is 7.14. The highest BCUT2D eigenvalue weighted by Crippen LogP contribution is 2.32. The van der Waals surface area contributed by atoms with Crippen molar-refractivity contribution in [2.75, 3.05) is 18.5 Å². The molecule has 0 aliphatic rings. The van der Waals surface area contributed by atoms with Gasteiger partial charge in [-0.05, 0) is 24.5 Å². The molecule has 6 heteroatoms. The van der Waals surface area contributed by atoms with Crippen molar-refractivity contribution in [3.63, 3.8) is 0 Å². The Hall–Kier alpha value is -1.92. The molecule has 5 nitrogen and oxygen atoms in total. The second kappa shape index (κ2) is 8.64. The van der Waals surface area contributed by atoms with Gasteiger partial charge in [0.25, 0.3) is 0 Å². The van der Waals surface area contributed by atoms with Gasteiger partial charge in [0.2, 0.25) is 5.91 Å². The molecule has 124 valence electrons. The molecule has 0 atom stereocenters. The van der Waals surface area contributed by atoms with Crippen LogP contribution in [0.5, 0.6) is 5.75 Å². The van der Waals surface area contributed by atoms with Crippen molar-refractivity contribution < 1.29 is 9.53 Å². The summed E-state index contributed by atoms with van der Waals surface area (Å²) in [5.41, 5.74) is 7.11. The monoisotopic (exact) mass is 333 g/mol. The smallest absolute Gasteiger partial charge is 0.227 e. The molecule has 2 rings (SSSR count). The molecule has 0 unspecified atom stereocenters. The largest absolute Gasteiger partial charge is 0.493 e. The van der Waals surface area contributed by atoms with Gasteiger partial charge in [0, 0.05) is 23.9 Å². The SMILES string of the molecule is CC(C)CCOc1ccccc1-c1csc(NC(=O)CCN)n1. The van der Waals surface area contributed by atoms with E-state index in [9.17, 15) is 4.79 Å². The summed E-state index contributed by atoms with van der Waals surface area (Å²) < 4.78 is 5.89. The molecule has 0 bridgehead atoms. The second-order valence-corrected chi connectivity index (χ2v) is 6.51. The summed E-state index contributed by atoms with van der Waals surface area (Å²) in [5, 5.41) is 5.26. The van der Waals surface area contributed by atoms with Crippen LogP contribution in [0.15, 0.2) is 29.6 Å². The number of amides is 1. The average molecular weight is 333 g/mol. The van der Waals surface area contributed by atoms with Crippen molar-refractivity contribution in [3.05, 3.63) is 29.6 Å². The first-order chi connectivity index (χ1) is 11.1. The van der Waals surface area contributed by atoms with E-state index in [1.54, 1.807) is 0 Å². The molecule has 0 fully saturated rings. The van der Waals surface area contributed by atoms with E-state index in [1.807, 2.05) is 29.6 Å². The number of benzene rings is 1. The van der Waals surface area contributed by atoms with E-state index in [-0.39, 0.29) is 5.91 Å². The number of nitrogens with one attached hydrogen (secondary N) is 1. The summed E-state index contributed by atoms with van der Waals surface area (Å²) in [7, 11) is 0. The maximum absolute atomic E-state index is 11.6. The van der Waals surface area contributed by atoms with E-state index in [4.69, 9.17) is 10.5 Å². The van der Waals surface area contributed by atoms with E-state index in [2.05, 4.69) is 24.1 Å². The number of nitrogens with two attached hydrogens (primary N) is 1. The van der Waals surface area contributed by atoms with Gasteiger partial charge in [0.05, 0.1) is 12.3 Å². The number of anilines is 1. The minimum Gasteiger partial charge on any atom is -0.493 e. The molecular formula is C17H23N3O2S. The predicted octanol–water partition coefficient (Wildman–Crippen LogP) is 3.52. The van der Waals surface area contributed by atoms with Crippen LogP contribution in [-0.2, 0) is 4.79 Å². The zero-order valence-corrected chi connectivity index (χ0v) is 14.4. The van der Waals surface area contributed by atoms with Gasteiger partial charge < -0.3 is 15.8 Å². The van der Waals surface area contributed by atoms with Crippen molar-refractivity contribution in [1.29, 1.82) is 0 Å². The van der Waals surface area contributed by atoms with Crippen LogP contribution in [0.25, 0.3) is 11.3 Å². The van der Waals surface area contributed by atoms with Gasteiger partial charge in [0.15, 0.2) is 5.13 Å². The molecular weight excluding hydrogens is 310 g/mol. The van der Waals surface area contributed by atoms with Gasteiger partial charge >= 0.3 is 0 Å². The fourth-order valence-electron chi connectivity index (χ4n) is 1.98. The van der Waals surface area contributed by atoms with Crippen LogP contribution < -0.4 is 15.8 Å². The molecule has 0 saturated heterocycles. The number of rotatable bonds is 8. The van der Waals surface area contributed by atoms with Crippen LogP contribution in [-0.4, -0.2) is 24.0 Å². The molecule has 1 aromatic heterocycles. The van der Waals surface area contributed by atoms with E-state index in [1.165, 1.54) is 11.3 Å². The number of nitrogens with zero attached hydrogens (tertiary/aromatic N) is 1. The normalized spacial score (nSPS) is 10.8. The maximum Gasteiger partial charge on any atom is 0.227 e. The Kier molecular flexibility index (Phi) is 6.55. The van der Waals surface area contributed by atoms with Gasteiger partial charge in [-0.2, -0.15) is 0 Å². The Labute approximate surface area is 140 Å². The molecule has 0 spiro atoms. The lowest BCUT2D eigenvalue weighted by molar-refractivity contribution is -0.116. The van der Waals surface area contributed by atoms with Crippen LogP contribution in [0.4, 0.5) is 5.13 Å². The van der Waals surface area contributed by atoms with Crippen LogP contribution in [0, 0.1) is 5.92 Å². The van der Waals surface area contributed by atoms with Gasteiger partial charge in [-0.3, -0.25) is 4.79 Å². The minimum absolute atomic E-state index is 0.116. The van der Waals surface area contributed by atoms with Gasteiger partial charge in [0.1, 0.15) is 5.75 Å². The van der Waals surface area contributed by atoms with E-state index < -0.39 is 0 Å². The third-order valence-corrected chi connectivity index (χ3v) is 4.00. The Morgan fingerprint density at radius 2 is 2.17 bits per heavy atom. The molecule has 0 aliphatic carbocycles. The topological polar surface area (TPSA) is 77.2 Å². The first-order valence-electron chi connectivity index (χ1n) is 7.77. The first-order valence-corrected chi connectivity index (χ1v) is 8.65. The standard InChI is InChI=1S/C17H23N3O2S/c1-12(2)8-10-22-15-6-4-3-5-13(15)14-11-23-17(19-14)20-16(21)7-9-18/h3-6,11-12H,7-10,18H2,1-2H3,(H,19,20,21). The Morgan fingerprint density at radius 1 is 1.39 bits per heavy atom. The van der Waals surface area contributed by atoms with Gasteiger partial charge in [-0.25, -0.2) is 4.98 Å².